The third-order valence-electron chi connectivity index (χ3n) is 3.51. The zero-order valence-corrected chi connectivity index (χ0v) is 11.7. The lowest BCUT2D eigenvalue weighted by atomic mass is 9.98. The molecule has 1 atom stereocenters. The minimum atomic E-state index is -0.592. The molecule has 2 rings (SSSR count). The number of rotatable bonds is 3. The molecule has 0 bridgehead atoms. The predicted molar refractivity (Wildman–Crippen MR) is 73.4 cm³/mol. The molecule has 7 nitrogen and oxygen atoms in total. The molecule has 0 radical (unpaired) electrons. The summed E-state index contributed by atoms with van der Waals surface area (Å²) < 4.78 is 4.72. The summed E-state index contributed by atoms with van der Waals surface area (Å²) in [6.45, 7) is 0.899. The summed E-state index contributed by atoms with van der Waals surface area (Å²) >= 11 is 0. The van der Waals surface area contributed by atoms with E-state index in [4.69, 9.17) is 10.5 Å². The second-order valence-electron chi connectivity index (χ2n) is 4.91. The monoisotopic (exact) mass is 291 g/mol. The molecule has 2 N–H and O–H groups in total. The summed E-state index contributed by atoms with van der Waals surface area (Å²) in [5.41, 5.74) is 5.60. The van der Waals surface area contributed by atoms with E-state index in [2.05, 4.69) is 4.98 Å². The van der Waals surface area contributed by atoms with Gasteiger partial charge in [-0.2, -0.15) is 0 Å². The Hall–Kier alpha value is -2.44. The average molecular weight is 291 g/mol. The molecule has 0 aromatic carbocycles. The first-order valence-corrected chi connectivity index (χ1v) is 6.66. The van der Waals surface area contributed by atoms with Crippen LogP contribution in [0.5, 0.6) is 0 Å². The topological polar surface area (TPSA) is 103 Å². The maximum Gasteiger partial charge on any atom is 0.310 e. The lowest BCUT2D eigenvalue weighted by molar-refractivity contribution is -0.146. The summed E-state index contributed by atoms with van der Waals surface area (Å²) in [6, 6.07) is 2.93. The van der Waals surface area contributed by atoms with Gasteiger partial charge in [-0.05, 0) is 25.0 Å². The van der Waals surface area contributed by atoms with Crippen LogP contribution in [0.3, 0.4) is 0 Å². The Morgan fingerprint density at radius 1 is 1.38 bits per heavy atom. The molecular weight excluding hydrogens is 274 g/mol. The van der Waals surface area contributed by atoms with Gasteiger partial charge in [0.05, 0.1) is 18.6 Å². The SMILES string of the molecule is COC(=O)C1CCCN(C(=O)c2ccc(C(N)=O)cn2)C1. The first kappa shape index (κ1) is 15.0. The van der Waals surface area contributed by atoms with Crippen molar-refractivity contribution in [1.82, 2.24) is 9.88 Å². The van der Waals surface area contributed by atoms with Crippen molar-refractivity contribution in [2.24, 2.45) is 11.7 Å². The Balaban J connectivity index is 2.08. The van der Waals surface area contributed by atoms with Crippen molar-refractivity contribution < 1.29 is 19.1 Å². The fraction of sp³-hybridized carbons (Fsp3) is 0.429. The van der Waals surface area contributed by atoms with E-state index in [1.54, 1.807) is 4.90 Å². The van der Waals surface area contributed by atoms with Gasteiger partial charge in [0, 0.05) is 19.3 Å². The molecule has 1 aliphatic rings. The van der Waals surface area contributed by atoms with Crippen LogP contribution in [0.25, 0.3) is 0 Å². The number of aromatic nitrogens is 1. The highest BCUT2D eigenvalue weighted by molar-refractivity contribution is 5.95. The molecule has 1 saturated heterocycles. The first-order chi connectivity index (χ1) is 10.0. The number of esters is 1. The van der Waals surface area contributed by atoms with Crippen LogP contribution in [0.2, 0.25) is 0 Å². The van der Waals surface area contributed by atoms with Gasteiger partial charge >= 0.3 is 5.97 Å². The second-order valence-corrected chi connectivity index (χ2v) is 4.91. The Labute approximate surface area is 122 Å². The third-order valence-corrected chi connectivity index (χ3v) is 3.51. The molecular formula is C14H17N3O4. The van der Waals surface area contributed by atoms with Crippen LogP contribution in [-0.2, 0) is 9.53 Å². The number of pyridine rings is 1. The lowest BCUT2D eigenvalue weighted by Gasteiger charge is -2.31. The van der Waals surface area contributed by atoms with Gasteiger partial charge in [0.1, 0.15) is 5.69 Å². The Morgan fingerprint density at radius 3 is 2.71 bits per heavy atom. The van der Waals surface area contributed by atoms with Crippen molar-refractivity contribution in [3.05, 3.63) is 29.6 Å². The summed E-state index contributed by atoms with van der Waals surface area (Å²) in [5, 5.41) is 0. The lowest BCUT2D eigenvalue weighted by Crippen LogP contribution is -2.42. The van der Waals surface area contributed by atoms with Gasteiger partial charge in [0.2, 0.25) is 5.91 Å². The number of likely N-dealkylation sites (tertiary alicyclic amines) is 1. The minimum Gasteiger partial charge on any atom is -0.469 e. The van der Waals surface area contributed by atoms with Crippen molar-refractivity contribution in [2.75, 3.05) is 20.2 Å². The number of primary amides is 1. The van der Waals surface area contributed by atoms with Crippen molar-refractivity contribution in [3.63, 3.8) is 0 Å². The van der Waals surface area contributed by atoms with E-state index in [1.165, 1.54) is 25.4 Å². The summed E-state index contributed by atoms with van der Waals surface area (Å²) in [5.74, 6) is -1.45. The van der Waals surface area contributed by atoms with Gasteiger partial charge in [-0.1, -0.05) is 0 Å². The van der Waals surface area contributed by atoms with E-state index < -0.39 is 5.91 Å². The smallest absolute Gasteiger partial charge is 0.310 e. The molecule has 1 fully saturated rings. The number of carbonyl (C=O) groups excluding carboxylic acids is 3. The number of hydrogen-bond donors (Lipinski definition) is 1. The molecule has 112 valence electrons. The van der Waals surface area contributed by atoms with Crippen LogP contribution in [0.4, 0.5) is 0 Å². The highest BCUT2D eigenvalue weighted by atomic mass is 16.5. The third kappa shape index (κ3) is 3.36. The normalized spacial score (nSPS) is 18.1. The maximum absolute atomic E-state index is 12.3. The molecule has 2 heterocycles. The average Bonchev–Trinajstić information content (AvgIpc) is 2.53. The Morgan fingerprint density at radius 2 is 2.14 bits per heavy atom. The summed E-state index contributed by atoms with van der Waals surface area (Å²) in [6.07, 6.45) is 2.73. The number of amides is 2. The van der Waals surface area contributed by atoms with Crippen LogP contribution >= 0.6 is 0 Å². The van der Waals surface area contributed by atoms with Crippen molar-refractivity contribution in [1.29, 1.82) is 0 Å². The zero-order chi connectivity index (χ0) is 15.4. The van der Waals surface area contributed by atoms with E-state index >= 15 is 0 Å². The molecule has 1 aromatic rings. The van der Waals surface area contributed by atoms with Crippen LogP contribution in [-0.4, -0.2) is 47.9 Å². The Bertz CT molecular complexity index is 556. The van der Waals surface area contributed by atoms with E-state index in [-0.39, 0.29) is 29.1 Å². The molecule has 0 spiro atoms. The summed E-state index contributed by atoms with van der Waals surface area (Å²) in [7, 11) is 1.34. The molecule has 7 heteroatoms. The molecule has 1 aromatic heterocycles. The highest BCUT2D eigenvalue weighted by Gasteiger charge is 2.29. The largest absolute Gasteiger partial charge is 0.469 e. The number of nitrogens with two attached hydrogens (primary N) is 1. The van der Waals surface area contributed by atoms with Gasteiger partial charge in [-0.15, -0.1) is 0 Å². The van der Waals surface area contributed by atoms with Gasteiger partial charge in [-0.25, -0.2) is 0 Å². The quantitative estimate of drug-likeness (QED) is 0.802. The predicted octanol–water partition coefficient (Wildman–Crippen LogP) is 0.206. The fourth-order valence-corrected chi connectivity index (χ4v) is 2.35. The number of piperidine rings is 1. The van der Waals surface area contributed by atoms with Gasteiger partial charge < -0.3 is 15.4 Å². The number of hydrogen-bond acceptors (Lipinski definition) is 5. The van der Waals surface area contributed by atoms with Crippen LogP contribution < -0.4 is 5.73 Å². The first-order valence-electron chi connectivity index (χ1n) is 6.66. The molecule has 1 unspecified atom stereocenters. The van der Waals surface area contributed by atoms with Crippen LogP contribution in [0, 0.1) is 5.92 Å². The minimum absolute atomic E-state index is 0.227. The van der Waals surface area contributed by atoms with E-state index in [1.807, 2.05) is 0 Å². The highest BCUT2D eigenvalue weighted by Crippen LogP contribution is 2.19. The van der Waals surface area contributed by atoms with Gasteiger partial charge in [0.15, 0.2) is 0 Å². The molecule has 0 aliphatic carbocycles. The number of methoxy groups -OCH3 is 1. The van der Waals surface area contributed by atoms with E-state index in [9.17, 15) is 14.4 Å². The fourth-order valence-electron chi connectivity index (χ4n) is 2.35. The van der Waals surface area contributed by atoms with Gasteiger partial charge in [-0.3, -0.25) is 19.4 Å². The maximum atomic E-state index is 12.3. The molecule has 1 aliphatic heterocycles. The molecule has 21 heavy (non-hydrogen) atoms. The van der Waals surface area contributed by atoms with E-state index in [0.717, 1.165) is 6.42 Å². The number of carbonyl (C=O) groups is 3. The van der Waals surface area contributed by atoms with Crippen LogP contribution in [0.15, 0.2) is 18.3 Å². The van der Waals surface area contributed by atoms with Crippen LogP contribution in [0.1, 0.15) is 33.7 Å². The molecule has 2 amide bonds. The second kappa shape index (κ2) is 6.34. The van der Waals surface area contributed by atoms with Crippen molar-refractivity contribution >= 4 is 17.8 Å². The van der Waals surface area contributed by atoms with Crippen molar-refractivity contribution in [2.45, 2.75) is 12.8 Å². The van der Waals surface area contributed by atoms with Crippen molar-refractivity contribution in [3.8, 4) is 0 Å². The van der Waals surface area contributed by atoms with E-state index in [0.29, 0.717) is 19.5 Å². The Kier molecular flexibility index (Phi) is 4.52. The standard InChI is InChI=1S/C14H17N3O4/c1-21-14(20)10-3-2-6-17(8-10)13(19)11-5-4-9(7-16-11)12(15)18/h4-5,7,10H,2-3,6,8H2,1H3,(H2,15,18). The molecule has 0 saturated carbocycles. The number of ether oxygens (including phenoxy) is 1. The number of nitrogens with zero attached hydrogens (tertiary/aromatic N) is 2. The zero-order valence-electron chi connectivity index (χ0n) is 11.7. The summed E-state index contributed by atoms with van der Waals surface area (Å²) in [4.78, 5) is 40.4. The van der Waals surface area contributed by atoms with Gasteiger partial charge in [0.25, 0.3) is 5.91 Å².